The molecule has 0 aliphatic carbocycles. The first-order valence-electron chi connectivity index (χ1n) is 3.79. The SMILES string of the molecule is CC(N)c1ccccc1OCF. The average molecular weight is 169 g/mol. The molecular formula is C9H12FNO. The maximum Gasteiger partial charge on any atom is 0.228 e. The van der Waals surface area contributed by atoms with Gasteiger partial charge in [-0.1, -0.05) is 18.2 Å². The lowest BCUT2D eigenvalue weighted by atomic mass is 10.1. The topological polar surface area (TPSA) is 35.2 Å². The fraction of sp³-hybridized carbons (Fsp3) is 0.333. The molecule has 2 N–H and O–H groups in total. The lowest BCUT2D eigenvalue weighted by Gasteiger charge is -2.10. The maximum absolute atomic E-state index is 11.9. The van der Waals surface area contributed by atoms with Crippen LogP contribution < -0.4 is 10.5 Å². The molecule has 1 atom stereocenters. The molecule has 2 nitrogen and oxygen atoms in total. The average Bonchev–Trinajstić information content (AvgIpc) is 2.05. The number of hydrogen-bond donors (Lipinski definition) is 1. The van der Waals surface area contributed by atoms with Crippen LogP contribution in [0, 0.1) is 0 Å². The minimum Gasteiger partial charge on any atom is -0.463 e. The van der Waals surface area contributed by atoms with E-state index in [-0.39, 0.29) is 6.04 Å². The van der Waals surface area contributed by atoms with Crippen LogP contribution in [0.25, 0.3) is 0 Å². The van der Waals surface area contributed by atoms with Crippen LogP contribution >= 0.6 is 0 Å². The lowest BCUT2D eigenvalue weighted by molar-refractivity contribution is 0.189. The number of hydrogen-bond acceptors (Lipinski definition) is 2. The lowest BCUT2D eigenvalue weighted by Crippen LogP contribution is -2.07. The fourth-order valence-electron chi connectivity index (χ4n) is 1.05. The van der Waals surface area contributed by atoms with E-state index in [0.717, 1.165) is 5.56 Å². The van der Waals surface area contributed by atoms with Gasteiger partial charge in [-0.05, 0) is 13.0 Å². The Labute approximate surface area is 71.1 Å². The Morgan fingerprint density at radius 3 is 2.75 bits per heavy atom. The van der Waals surface area contributed by atoms with Crippen LogP contribution in [0.5, 0.6) is 5.75 Å². The van der Waals surface area contributed by atoms with Gasteiger partial charge in [-0.3, -0.25) is 0 Å². The minimum absolute atomic E-state index is 0.132. The van der Waals surface area contributed by atoms with Crippen molar-refractivity contribution in [2.75, 3.05) is 6.86 Å². The van der Waals surface area contributed by atoms with Crippen LogP contribution in [0.2, 0.25) is 0 Å². The van der Waals surface area contributed by atoms with Gasteiger partial charge in [0, 0.05) is 11.6 Å². The van der Waals surface area contributed by atoms with Crippen molar-refractivity contribution < 1.29 is 9.13 Å². The summed E-state index contributed by atoms with van der Waals surface area (Å²) in [6, 6.07) is 7.04. The summed E-state index contributed by atoms with van der Waals surface area (Å²) in [5.74, 6) is 0.523. The zero-order chi connectivity index (χ0) is 8.97. The molecule has 0 spiro atoms. The first-order chi connectivity index (χ1) is 5.75. The van der Waals surface area contributed by atoms with Gasteiger partial charge >= 0.3 is 0 Å². The molecule has 0 aliphatic heterocycles. The second-order valence-corrected chi connectivity index (χ2v) is 2.58. The molecule has 0 saturated carbocycles. The molecule has 1 aromatic rings. The maximum atomic E-state index is 11.9. The highest BCUT2D eigenvalue weighted by Gasteiger charge is 2.05. The van der Waals surface area contributed by atoms with E-state index in [0.29, 0.717) is 5.75 Å². The van der Waals surface area contributed by atoms with Crippen LogP contribution in [0.3, 0.4) is 0 Å². The fourth-order valence-corrected chi connectivity index (χ4v) is 1.05. The molecule has 66 valence electrons. The molecule has 0 heterocycles. The summed E-state index contributed by atoms with van der Waals surface area (Å²) in [6.45, 7) is 1.02. The second kappa shape index (κ2) is 4.07. The van der Waals surface area contributed by atoms with E-state index in [4.69, 9.17) is 10.5 Å². The van der Waals surface area contributed by atoms with Crippen molar-refractivity contribution in [1.82, 2.24) is 0 Å². The van der Waals surface area contributed by atoms with Gasteiger partial charge in [0.1, 0.15) is 5.75 Å². The third-order valence-corrected chi connectivity index (χ3v) is 1.62. The van der Waals surface area contributed by atoms with E-state index in [1.54, 1.807) is 12.1 Å². The molecule has 1 unspecified atom stereocenters. The Hall–Kier alpha value is -1.09. The quantitative estimate of drug-likeness (QED) is 0.751. The van der Waals surface area contributed by atoms with Crippen LogP contribution in [-0.2, 0) is 0 Å². The van der Waals surface area contributed by atoms with Gasteiger partial charge in [0.15, 0.2) is 0 Å². The zero-order valence-corrected chi connectivity index (χ0v) is 6.96. The smallest absolute Gasteiger partial charge is 0.228 e. The Kier molecular flexibility index (Phi) is 3.05. The van der Waals surface area contributed by atoms with Crippen molar-refractivity contribution in [3.8, 4) is 5.75 Å². The molecule has 3 heteroatoms. The monoisotopic (exact) mass is 169 g/mol. The number of alkyl halides is 1. The molecule has 0 amide bonds. The Morgan fingerprint density at radius 1 is 1.50 bits per heavy atom. The van der Waals surface area contributed by atoms with Gasteiger partial charge in [0.25, 0.3) is 0 Å². The summed E-state index contributed by atoms with van der Waals surface area (Å²) in [5.41, 5.74) is 6.47. The molecule has 12 heavy (non-hydrogen) atoms. The van der Waals surface area contributed by atoms with Gasteiger partial charge in [0.05, 0.1) is 0 Å². The summed E-state index contributed by atoms with van der Waals surface area (Å²) in [6.07, 6.45) is 0. The summed E-state index contributed by atoms with van der Waals surface area (Å²) >= 11 is 0. The van der Waals surface area contributed by atoms with Crippen molar-refractivity contribution in [1.29, 1.82) is 0 Å². The van der Waals surface area contributed by atoms with E-state index in [9.17, 15) is 4.39 Å². The number of para-hydroxylation sites is 1. The Morgan fingerprint density at radius 2 is 2.17 bits per heavy atom. The molecule has 0 aliphatic rings. The first-order valence-corrected chi connectivity index (χ1v) is 3.79. The van der Waals surface area contributed by atoms with Crippen LogP contribution in [0.15, 0.2) is 24.3 Å². The highest BCUT2D eigenvalue weighted by molar-refractivity contribution is 5.35. The normalized spacial score (nSPS) is 12.6. The summed E-state index contributed by atoms with van der Waals surface area (Å²) < 4.78 is 16.6. The largest absolute Gasteiger partial charge is 0.463 e. The van der Waals surface area contributed by atoms with E-state index in [1.807, 2.05) is 19.1 Å². The van der Waals surface area contributed by atoms with Gasteiger partial charge < -0.3 is 10.5 Å². The standard InChI is InChI=1S/C9H12FNO/c1-7(11)8-4-2-3-5-9(8)12-6-10/h2-5,7H,6,11H2,1H3. The molecule has 0 saturated heterocycles. The van der Waals surface area contributed by atoms with Crippen LogP contribution in [-0.4, -0.2) is 6.86 Å². The van der Waals surface area contributed by atoms with Crippen molar-refractivity contribution in [3.63, 3.8) is 0 Å². The third-order valence-electron chi connectivity index (χ3n) is 1.62. The molecule has 0 bridgehead atoms. The number of benzene rings is 1. The van der Waals surface area contributed by atoms with Crippen molar-refractivity contribution in [2.45, 2.75) is 13.0 Å². The summed E-state index contributed by atoms with van der Waals surface area (Å²) in [5, 5.41) is 0. The molecule has 0 radical (unpaired) electrons. The van der Waals surface area contributed by atoms with Crippen LogP contribution in [0.4, 0.5) is 4.39 Å². The highest BCUT2D eigenvalue weighted by Crippen LogP contribution is 2.22. The third kappa shape index (κ3) is 1.95. The molecular weight excluding hydrogens is 157 g/mol. The number of halogens is 1. The van der Waals surface area contributed by atoms with Gasteiger partial charge in [0.2, 0.25) is 6.86 Å². The number of ether oxygens (including phenoxy) is 1. The van der Waals surface area contributed by atoms with E-state index >= 15 is 0 Å². The van der Waals surface area contributed by atoms with Crippen molar-refractivity contribution in [2.24, 2.45) is 5.73 Å². The second-order valence-electron chi connectivity index (χ2n) is 2.58. The molecule has 0 fully saturated rings. The number of rotatable bonds is 3. The van der Waals surface area contributed by atoms with E-state index < -0.39 is 6.86 Å². The van der Waals surface area contributed by atoms with Crippen LogP contribution in [0.1, 0.15) is 18.5 Å². The Balaban J connectivity index is 2.92. The highest BCUT2D eigenvalue weighted by atomic mass is 19.1. The van der Waals surface area contributed by atoms with Gasteiger partial charge in [-0.2, -0.15) is 0 Å². The summed E-state index contributed by atoms with van der Waals surface area (Å²) in [7, 11) is 0. The van der Waals surface area contributed by atoms with Gasteiger partial charge in [-0.15, -0.1) is 0 Å². The Bertz CT molecular complexity index is 250. The van der Waals surface area contributed by atoms with E-state index in [1.165, 1.54) is 0 Å². The molecule has 1 aromatic carbocycles. The molecule has 0 aromatic heterocycles. The van der Waals surface area contributed by atoms with Gasteiger partial charge in [-0.25, -0.2) is 4.39 Å². The van der Waals surface area contributed by atoms with Crippen molar-refractivity contribution >= 4 is 0 Å². The van der Waals surface area contributed by atoms with E-state index in [2.05, 4.69) is 0 Å². The predicted molar refractivity (Wildman–Crippen MR) is 45.6 cm³/mol. The molecule has 1 rings (SSSR count). The first kappa shape index (κ1) is 9.00. The van der Waals surface area contributed by atoms with Crippen molar-refractivity contribution in [3.05, 3.63) is 29.8 Å². The number of nitrogens with two attached hydrogens (primary N) is 1. The summed E-state index contributed by atoms with van der Waals surface area (Å²) in [4.78, 5) is 0. The zero-order valence-electron chi connectivity index (χ0n) is 6.96. The minimum atomic E-state index is -0.816. The predicted octanol–water partition coefficient (Wildman–Crippen LogP) is 2.01.